The van der Waals surface area contributed by atoms with Gasteiger partial charge in [0.15, 0.2) is 5.78 Å². The first-order chi connectivity index (χ1) is 13.5. The Bertz CT molecular complexity index is 1080. The van der Waals surface area contributed by atoms with Gasteiger partial charge in [0, 0.05) is 35.4 Å². The molecule has 0 aliphatic carbocycles. The Morgan fingerprint density at radius 1 is 1.32 bits per heavy atom. The highest BCUT2D eigenvalue weighted by atomic mass is 35.5. The number of hydrogen-bond donors (Lipinski definition) is 2. The Hall–Kier alpha value is -2.61. The predicted molar refractivity (Wildman–Crippen MR) is 106 cm³/mol. The van der Waals surface area contributed by atoms with Gasteiger partial charge in [-0.05, 0) is 42.8 Å². The third-order valence-corrected chi connectivity index (χ3v) is 5.32. The first-order valence-corrected chi connectivity index (χ1v) is 9.43. The second kappa shape index (κ2) is 7.79. The van der Waals surface area contributed by atoms with Gasteiger partial charge < -0.3 is 10.4 Å². The monoisotopic (exact) mass is 398 g/mol. The van der Waals surface area contributed by atoms with Crippen LogP contribution in [0.2, 0.25) is 5.02 Å². The number of Topliss-reactive ketones (excluding diaryl/α,β-unsaturated/α-hetero) is 1. The van der Waals surface area contributed by atoms with Crippen LogP contribution in [0.5, 0.6) is 0 Å². The van der Waals surface area contributed by atoms with Gasteiger partial charge in [-0.15, -0.1) is 0 Å². The fourth-order valence-corrected chi connectivity index (χ4v) is 3.78. The molecule has 1 saturated heterocycles. The molecule has 1 fully saturated rings. The van der Waals surface area contributed by atoms with Gasteiger partial charge in [-0.2, -0.15) is 0 Å². The molecule has 1 aliphatic rings. The van der Waals surface area contributed by atoms with E-state index in [-0.39, 0.29) is 30.3 Å². The normalized spacial score (nSPS) is 19.2. The summed E-state index contributed by atoms with van der Waals surface area (Å²) in [4.78, 5) is 33.5. The second-order valence-electron chi connectivity index (χ2n) is 6.92. The molecule has 0 amide bonds. The minimum Gasteiger partial charge on any atom is -0.391 e. The van der Waals surface area contributed by atoms with E-state index in [2.05, 4.69) is 15.3 Å². The van der Waals surface area contributed by atoms with Crippen LogP contribution in [0.15, 0.2) is 47.8 Å². The number of rotatable bonds is 5. The van der Waals surface area contributed by atoms with Crippen LogP contribution in [-0.4, -0.2) is 44.1 Å². The third-order valence-electron chi connectivity index (χ3n) is 5.01. The summed E-state index contributed by atoms with van der Waals surface area (Å²) in [6.07, 6.45) is 5.00. The maximum atomic E-state index is 12.8. The van der Waals surface area contributed by atoms with E-state index in [9.17, 15) is 14.7 Å². The molecule has 0 radical (unpaired) electrons. The third kappa shape index (κ3) is 3.69. The summed E-state index contributed by atoms with van der Waals surface area (Å²) in [7, 11) is 0. The summed E-state index contributed by atoms with van der Waals surface area (Å²) in [5, 5.41) is 13.7. The van der Waals surface area contributed by atoms with Gasteiger partial charge in [-0.25, -0.2) is 4.98 Å². The number of nitrogens with zero attached hydrogens (tertiary/aromatic N) is 3. The number of benzene rings is 1. The number of ketones is 1. The highest BCUT2D eigenvalue weighted by Crippen LogP contribution is 2.30. The summed E-state index contributed by atoms with van der Waals surface area (Å²) in [6.45, 7) is 0.602. The standard InChI is InChI=1S/C20H19ClN4O3/c21-16-8-15-17(9-14(16)12-1-4-22-5-2-12)24-11-25(20(15)28)10-13(26)7-18-19(27)3-6-23-18/h1-2,4-5,8-9,11,18-19,23,27H,3,6-7,10H2/t18-,19+/m1/s1. The molecule has 3 aromatic rings. The lowest BCUT2D eigenvalue weighted by atomic mass is 10.0. The Labute approximate surface area is 166 Å². The van der Waals surface area contributed by atoms with E-state index in [1.807, 2.05) is 12.1 Å². The molecular formula is C20H19ClN4O3. The zero-order valence-electron chi connectivity index (χ0n) is 15.0. The summed E-state index contributed by atoms with van der Waals surface area (Å²) in [5.74, 6) is -0.138. The molecule has 28 heavy (non-hydrogen) atoms. The smallest absolute Gasteiger partial charge is 0.261 e. The van der Waals surface area contributed by atoms with E-state index in [1.165, 1.54) is 10.9 Å². The topological polar surface area (TPSA) is 97.1 Å². The molecule has 1 aliphatic heterocycles. The van der Waals surface area contributed by atoms with Gasteiger partial charge in [0.05, 0.1) is 29.9 Å². The van der Waals surface area contributed by atoms with Crippen LogP contribution >= 0.6 is 11.6 Å². The van der Waals surface area contributed by atoms with Crippen molar-refractivity contribution in [3.63, 3.8) is 0 Å². The lowest BCUT2D eigenvalue weighted by molar-refractivity contribution is -0.120. The van der Waals surface area contributed by atoms with Gasteiger partial charge in [0.1, 0.15) is 0 Å². The summed E-state index contributed by atoms with van der Waals surface area (Å²) in [5.41, 5.74) is 1.84. The number of halogens is 1. The maximum absolute atomic E-state index is 12.8. The van der Waals surface area contributed by atoms with Crippen LogP contribution in [0.4, 0.5) is 0 Å². The SMILES string of the molecule is O=C(C[C@H]1NCC[C@@H]1O)Cn1cnc2cc(-c3ccncc3)c(Cl)cc2c1=O. The van der Waals surface area contributed by atoms with Crippen LogP contribution in [0.25, 0.3) is 22.0 Å². The molecule has 4 rings (SSSR count). The largest absolute Gasteiger partial charge is 0.391 e. The molecule has 0 unspecified atom stereocenters. The Morgan fingerprint density at radius 3 is 2.82 bits per heavy atom. The first-order valence-electron chi connectivity index (χ1n) is 9.05. The molecule has 2 N–H and O–H groups in total. The number of nitrogens with one attached hydrogen (secondary N) is 1. The molecule has 8 heteroatoms. The van der Waals surface area contributed by atoms with E-state index in [0.717, 1.165) is 11.1 Å². The van der Waals surface area contributed by atoms with E-state index in [4.69, 9.17) is 11.6 Å². The van der Waals surface area contributed by atoms with Gasteiger partial charge in [0.25, 0.3) is 5.56 Å². The Morgan fingerprint density at radius 2 is 2.11 bits per heavy atom. The number of aliphatic hydroxyl groups is 1. The van der Waals surface area contributed by atoms with Crippen LogP contribution in [0.1, 0.15) is 12.8 Å². The Kier molecular flexibility index (Phi) is 5.21. The number of carbonyl (C=O) groups is 1. The molecule has 0 saturated carbocycles. The molecule has 144 valence electrons. The van der Waals surface area contributed by atoms with Crippen molar-refractivity contribution in [3.05, 3.63) is 58.4 Å². The van der Waals surface area contributed by atoms with Gasteiger partial charge in [0.2, 0.25) is 0 Å². The van der Waals surface area contributed by atoms with Crippen LogP contribution in [0, 0.1) is 0 Å². The maximum Gasteiger partial charge on any atom is 0.261 e. The number of aliphatic hydroxyl groups excluding tert-OH is 1. The highest BCUT2D eigenvalue weighted by molar-refractivity contribution is 6.34. The fraction of sp³-hybridized carbons (Fsp3) is 0.300. The number of fused-ring (bicyclic) bond motifs is 1. The lowest BCUT2D eigenvalue weighted by Crippen LogP contribution is -2.34. The van der Waals surface area contributed by atoms with Crippen LogP contribution in [0.3, 0.4) is 0 Å². The van der Waals surface area contributed by atoms with Gasteiger partial charge in [-0.3, -0.25) is 19.1 Å². The summed E-state index contributed by atoms with van der Waals surface area (Å²) >= 11 is 6.40. The van der Waals surface area contributed by atoms with Crippen molar-refractivity contribution < 1.29 is 9.90 Å². The quantitative estimate of drug-likeness (QED) is 0.680. The number of carbonyl (C=O) groups excluding carboxylic acids is 1. The van der Waals surface area contributed by atoms with Crippen molar-refractivity contribution in [2.75, 3.05) is 6.54 Å². The van der Waals surface area contributed by atoms with E-state index in [1.54, 1.807) is 24.5 Å². The predicted octanol–water partition coefficient (Wildman–Crippen LogP) is 1.79. The molecule has 0 spiro atoms. The summed E-state index contributed by atoms with van der Waals surface area (Å²) < 4.78 is 1.29. The van der Waals surface area contributed by atoms with E-state index < -0.39 is 6.10 Å². The molecule has 1 aromatic carbocycles. The molecule has 7 nitrogen and oxygen atoms in total. The highest BCUT2D eigenvalue weighted by Gasteiger charge is 2.26. The lowest BCUT2D eigenvalue weighted by Gasteiger charge is -2.14. The average Bonchev–Trinajstić information content (AvgIpc) is 3.09. The van der Waals surface area contributed by atoms with Crippen LogP contribution < -0.4 is 10.9 Å². The van der Waals surface area contributed by atoms with Crippen LogP contribution in [-0.2, 0) is 11.3 Å². The van der Waals surface area contributed by atoms with Crippen molar-refractivity contribution in [1.29, 1.82) is 0 Å². The summed E-state index contributed by atoms with van der Waals surface area (Å²) in [6, 6.07) is 6.76. The van der Waals surface area contributed by atoms with Crippen molar-refractivity contribution in [3.8, 4) is 11.1 Å². The molecule has 2 atom stereocenters. The average molecular weight is 399 g/mol. The van der Waals surface area contributed by atoms with E-state index >= 15 is 0 Å². The molecule has 0 bridgehead atoms. The molecule has 3 heterocycles. The van der Waals surface area contributed by atoms with Gasteiger partial charge in [-0.1, -0.05) is 11.6 Å². The van der Waals surface area contributed by atoms with E-state index in [0.29, 0.717) is 28.9 Å². The number of hydrogen-bond acceptors (Lipinski definition) is 6. The van der Waals surface area contributed by atoms with Crippen molar-refractivity contribution in [1.82, 2.24) is 19.9 Å². The minimum atomic E-state index is -0.527. The zero-order chi connectivity index (χ0) is 19.7. The number of pyridine rings is 1. The Balaban J connectivity index is 1.62. The fourth-order valence-electron chi connectivity index (χ4n) is 3.51. The zero-order valence-corrected chi connectivity index (χ0v) is 15.8. The van der Waals surface area contributed by atoms with Gasteiger partial charge >= 0.3 is 0 Å². The molecular weight excluding hydrogens is 380 g/mol. The first kappa shape index (κ1) is 18.7. The second-order valence-corrected chi connectivity index (χ2v) is 7.33. The minimum absolute atomic E-state index is 0.0869. The molecule has 2 aromatic heterocycles. The van der Waals surface area contributed by atoms with Crippen molar-refractivity contribution >= 4 is 28.3 Å². The van der Waals surface area contributed by atoms with Crippen molar-refractivity contribution in [2.45, 2.75) is 31.5 Å². The number of aromatic nitrogens is 3. The van der Waals surface area contributed by atoms with Crippen molar-refractivity contribution in [2.24, 2.45) is 0 Å².